The second-order valence-corrected chi connectivity index (χ2v) is 11.5. The highest BCUT2D eigenvalue weighted by Crippen LogP contribution is 2.35. The fourth-order valence-electron chi connectivity index (χ4n) is 6.56. The molecule has 3 heterocycles. The molecule has 15 heteroatoms. The lowest BCUT2D eigenvalue weighted by atomic mass is 9.53. The average molecular weight is 534 g/mol. The molecule has 2 aromatic rings. The number of hydrogen-bond acceptors (Lipinski definition) is 6. The van der Waals surface area contributed by atoms with Gasteiger partial charge in [-0.15, -0.1) is 0 Å². The molecular weight excluding hydrogens is 503 g/mol. The number of amides is 4. The summed E-state index contributed by atoms with van der Waals surface area (Å²) in [5.74, 6) is -0.455. The Bertz CT molecular complexity index is 1440. The molecule has 0 aromatic heterocycles. The Morgan fingerprint density at radius 1 is 1.10 bits per heavy atom. The summed E-state index contributed by atoms with van der Waals surface area (Å²) in [6, 6.07) is 6.89. The van der Waals surface area contributed by atoms with Crippen LogP contribution in [0.5, 0.6) is 5.75 Å². The highest BCUT2D eigenvalue weighted by molar-refractivity contribution is 6.54. The Hall–Kier alpha value is -3.33. The van der Waals surface area contributed by atoms with Gasteiger partial charge in [0.2, 0.25) is 17.7 Å². The first-order chi connectivity index (χ1) is 18.9. The van der Waals surface area contributed by atoms with Gasteiger partial charge in [0.15, 0.2) is 15.7 Å². The molecule has 2 fully saturated rings. The van der Waals surface area contributed by atoms with Crippen molar-refractivity contribution in [1.29, 1.82) is 0 Å². The van der Waals surface area contributed by atoms with Crippen LogP contribution in [0, 0.1) is 0 Å². The second kappa shape index (κ2) is 10.6. The monoisotopic (exact) mass is 535 g/mol. The van der Waals surface area contributed by atoms with E-state index in [2.05, 4.69) is 42.8 Å². The minimum absolute atomic E-state index is 0.0000252. The molecule has 200 valence electrons. The Labute approximate surface area is 239 Å². The molecule has 3 aliphatic heterocycles. The molecule has 0 radical (unpaired) electrons. The molecule has 4 amide bonds. The summed E-state index contributed by atoms with van der Waals surface area (Å²) in [7, 11) is 12.3. The van der Waals surface area contributed by atoms with Gasteiger partial charge in [-0.2, -0.15) is 0 Å². The number of hydrogen-bond donors (Lipinski definition) is 1. The predicted molar refractivity (Wildman–Crippen MR) is 167 cm³/mol. The number of imide groups is 1. The van der Waals surface area contributed by atoms with Gasteiger partial charge < -0.3 is 19.3 Å². The number of piperidine rings is 1. The lowest BCUT2D eigenvalue weighted by Gasteiger charge is -2.37. The largest absolute Gasteiger partial charge is 0.501 e. The first-order valence-electron chi connectivity index (χ1n) is 13.8. The van der Waals surface area contributed by atoms with Crippen LogP contribution in [-0.4, -0.2) is 106 Å². The highest BCUT2D eigenvalue weighted by Gasteiger charge is 2.41. The third-order valence-corrected chi connectivity index (χ3v) is 8.58. The molecule has 9 nitrogen and oxygen atoms in total. The number of nitrogens with zero attached hydrogens (tertiary/aromatic N) is 2. The standard InChI is InChI=1S/C25H31B6N3O6/c26-14-8-12(22(29)33-6-7-39-10-18(33)36)20(27)21(28)19(14)25(30,31)40-16-3-1-2-11-13(16)9-34(24(11)38)15-4-5-17(35)32-23(15)37/h1-3,8,15,22H,4-7,9-10,26-31H2,(H,32,35,37). The summed E-state index contributed by atoms with van der Waals surface area (Å²) in [4.78, 5) is 53.4. The lowest BCUT2D eigenvalue weighted by Crippen LogP contribution is -2.52. The van der Waals surface area contributed by atoms with Gasteiger partial charge in [-0.25, -0.2) is 0 Å². The molecule has 2 unspecified atom stereocenters. The van der Waals surface area contributed by atoms with Crippen molar-refractivity contribution in [3.05, 3.63) is 46.5 Å². The number of ether oxygens (including phenoxy) is 2. The first kappa shape index (κ1) is 28.2. The molecule has 0 spiro atoms. The van der Waals surface area contributed by atoms with Crippen LogP contribution in [0.1, 0.15) is 45.8 Å². The van der Waals surface area contributed by atoms with E-state index in [-0.39, 0.29) is 43.2 Å². The van der Waals surface area contributed by atoms with E-state index in [0.717, 1.165) is 33.1 Å². The van der Waals surface area contributed by atoms with E-state index in [1.807, 2.05) is 26.7 Å². The minimum Gasteiger partial charge on any atom is -0.501 e. The topological polar surface area (TPSA) is 105 Å². The summed E-state index contributed by atoms with van der Waals surface area (Å²) >= 11 is 0. The number of morpholine rings is 1. The van der Waals surface area contributed by atoms with Crippen molar-refractivity contribution in [2.75, 3.05) is 19.8 Å². The summed E-state index contributed by atoms with van der Waals surface area (Å²) in [5.41, 5.74) is 6.69. The van der Waals surface area contributed by atoms with E-state index >= 15 is 0 Å². The molecular formula is C25H31B6N3O6. The van der Waals surface area contributed by atoms with Crippen molar-refractivity contribution < 1.29 is 28.7 Å². The normalized spacial score (nSPS) is 20.4. The van der Waals surface area contributed by atoms with E-state index in [9.17, 15) is 19.2 Å². The van der Waals surface area contributed by atoms with E-state index < -0.39 is 17.3 Å². The summed E-state index contributed by atoms with van der Waals surface area (Å²) in [5, 5.41) is 1.61. The molecule has 0 bridgehead atoms. The van der Waals surface area contributed by atoms with Crippen LogP contribution < -0.4 is 26.4 Å². The SMILES string of the molecule is Bc1cc(C(B)N2CCOCC2=O)c(B)c(B)c1C(B)(B)Oc1cccc2c1CN(C1CCC(=O)NC1=O)C2=O. The van der Waals surface area contributed by atoms with Crippen LogP contribution in [-0.2, 0) is 31.1 Å². The average Bonchev–Trinajstić information content (AvgIpc) is 3.23. The van der Waals surface area contributed by atoms with Crippen LogP contribution in [0.2, 0.25) is 0 Å². The van der Waals surface area contributed by atoms with E-state index in [0.29, 0.717) is 30.9 Å². The zero-order chi connectivity index (χ0) is 28.9. The van der Waals surface area contributed by atoms with Gasteiger partial charge in [-0.1, -0.05) is 28.5 Å². The number of fused-ring (bicyclic) bond motifs is 1. The summed E-state index contributed by atoms with van der Waals surface area (Å²) < 4.78 is 12.0. The first-order valence-corrected chi connectivity index (χ1v) is 13.8. The maximum atomic E-state index is 13.3. The Morgan fingerprint density at radius 2 is 1.85 bits per heavy atom. The van der Waals surface area contributed by atoms with E-state index in [1.165, 1.54) is 4.90 Å². The van der Waals surface area contributed by atoms with Gasteiger partial charge in [0.1, 0.15) is 49.8 Å². The Balaban J connectivity index is 1.43. The summed E-state index contributed by atoms with van der Waals surface area (Å²) in [6.07, 6.45) is 0.518. The maximum Gasteiger partial charge on any atom is 0.255 e. The summed E-state index contributed by atoms with van der Waals surface area (Å²) in [6.45, 7) is 1.47. The lowest BCUT2D eigenvalue weighted by molar-refractivity contribution is -0.143. The van der Waals surface area contributed by atoms with Gasteiger partial charge in [0.25, 0.3) is 5.91 Å². The molecule has 0 aliphatic carbocycles. The van der Waals surface area contributed by atoms with Gasteiger partial charge in [0, 0.05) is 30.0 Å². The maximum absolute atomic E-state index is 13.3. The van der Waals surface area contributed by atoms with Gasteiger partial charge in [-0.05, 0) is 29.7 Å². The number of carbonyl (C=O) groups excluding carboxylic acids is 4. The van der Waals surface area contributed by atoms with Crippen molar-refractivity contribution in [3.8, 4) is 5.75 Å². The second-order valence-electron chi connectivity index (χ2n) is 11.5. The van der Waals surface area contributed by atoms with Crippen LogP contribution in [0.25, 0.3) is 0 Å². The number of carbonyl (C=O) groups is 4. The molecule has 1 N–H and O–H groups in total. The third-order valence-electron chi connectivity index (χ3n) is 8.58. The van der Waals surface area contributed by atoms with Crippen LogP contribution in [0.3, 0.4) is 0 Å². The quantitative estimate of drug-likeness (QED) is 0.292. The zero-order valence-corrected chi connectivity index (χ0v) is 24.1. The Morgan fingerprint density at radius 3 is 2.55 bits per heavy atom. The Kier molecular flexibility index (Phi) is 7.46. The third kappa shape index (κ3) is 4.89. The van der Waals surface area contributed by atoms with E-state index in [4.69, 9.17) is 9.47 Å². The molecule has 2 saturated heterocycles. The van der Waals surface area contributed by atoms with Crippen LogP contribution in [0.4, 0.5) is 0 Å². The fraction of sp³-hybridized carbons (Fsp3) is 0.360. The van der Waals surface area contributed by atoms with Crippen molar-refractivity contribution in [2.24, 2.45) is 0 Å². The molecule has 2 aromatic carbocycles. The fourth-order valence-corrected chi connectivity index (χ4v) is 6.56. The number of rotatable bonds is 6. The predicted octanol–water partition coefficient (Wildman–Crippen LogP) is -6.83. The van der Waals surface area contributed by atoms with Crippen molar-refractivity contribution in [2.45, 2.75) is 36.8 Å². The highest BCUT2D eigenvalue weighted by atomic mass is 16.5. The molecule has 40 heavy (non-hydrogen) atoms. The molecule has 5 rings (SSSR count). The smallest absolute Gasteiger partial charge is 0.255 e. The molecule has 0 saturated carbocycles. The minimum atomic E-state index is -0.740. The van der Waals surface area contributed by atoms with Crippen molar-refractivity contribution in [1.82, 2.24) is 15.1 Å². The molecule has 3 aliphatic rings. The van der Waals surface area contributed by atoms with Gasteiger partial charge >= 0.3 is 0 Å². The van der Waals surface area contributed by atoms with Crippen molar-refractivity contribution in [3.63, 3.8) is 0 Å². The van der Waals surface area contributed by atoms with Crippen molar-refractivity contribution >= 4 is 87.1 Å². The van der Waals surface area contributed by atoms with Gasteiger partial charge in [0.05, 0.1) is 18.6 Å². The zero-order valence-electron chi connectivity index (χ0n) is 24.1. The van der Waals surface area contributed by atoms with Crippen LogP contribution >= 0.6 is 0 Å². The number of nitrogens with one attached hydrogen (secondary N) is 1. The molecule has 2 atom stereocenters. The van der Waals surface area contributed by atoms with Crippen LogP contribution in [0.15, 0.2) is 24.3 Å². The van der Waals surface area contributed by atoms with E-state index in [1.54, 1.807) is 12.1 Å². The van der Waals surface area contributed by atoms with Gasteiger partial charge in [-0.3, -0.25) is 24.5 Å². The number of benzene rings is 2.